The second kappa shape index (κ2) is 3.03. The van der Waals surface area contributed by atoms with Crippen LogP contribution >= 0.6 is 22.5 Å². The minimum atomic E-state index is 0.587. The zero-order valence-corrected chi connectivity index (χ0v) is 6.49. The lowest BCUT2D eigenvalue weighted by Crippen LogP contribution is -1.89. The molecule has 0 aliphatic heterocycles. The first-order chi connectivity index (χ1) is 4.33. The minimum Gasteiger partial charge on any atom is -0.227 e. The van der Waals surface area contributed by atoms with E-state index in [1.165, 1.54) is 10.8 Å². The summed E-state index contributed by atoms with van der Waals surface area (Å²) in [6, 6.07) is 0. The summed E-state index contributed by atoms with van der Waals surface area (Å²) in [5, 5.41) is 8.08. The molecule has 0 atom stereocenters. The van der Waals surface area contributed by atoms with Gasteiger partial charge in [-0.2, -0.15) is 5.10 Å². The van der Waals surface area contributed by atoms with Crippen molar-refractivity contribution < 1.29 is 0 Å². The van der Waals surface area contributed by atoms with Crippen LogP contribution in [0, 0.1) is 6.92 Å². The van der Waals surface area contributed by atoms with Crippen LogP contribution in [0.25, 0.3) is 0 Å². The van der Waals surface area contributed by atoms with Gasteiger partial charge in [-0.05, 0) is 17.7 Å². The summed E-state index contributed by atoms with van der Waals surface area (Å²) in [4.78, 5) is 3.91. The summed E-state index contributed by atoms with van der Waals surface area (Å²) in [6.45, 7) is 1.84. The maximum absolute atomic E-state index is 3.91. The van der Waals surface area contributed by atoms with E-state index in [2.05, 4.69) is 26.8 Å². The maximum Gasteiger partial charge on any atom is 0.219 e. The monoisotopic (exact) mass is 159 g/mol. The van der Waals surface area contributed by atoms with Crippen LogP contribution in [-0.4, -0.2) is 15.2 Å². The van der Waals surface area contributed by atoms with E-state index in [0.717, 1.165) is 5.69 Å². The molecule has 0 bridgehead atoms. The molecule has 0 aliphatic carbocycles. The van der Waals surface area contributed by atoms with Crippen LogP contribution < -0.4 is 0 Å². The molecule has 1 aromatic rings. The van der Waals surface area contributed by atoms with Gasteiger partial charge in [0.15, 0.2) is 0 Å². The van der Waals surface area contributed by atoms with Gasteiger partial charge in [-0.3, -0.25) is 0 Å². The van der Waals surface area contributed by atoms with Crippen molar-refractivity contribution in [1.82, 2.24) is 15.2 Å². The molecule has 1 aromatic heterocycles. The number of rotatable bonds is 1. The van der Waals surface area contributed by atoms with Crippen molar-refractivity contribution in [2.24, 2.45) is 0 Å². The number of aromatic nitrogens is 3. The molecule has 0 spiro atoms. The minimum absolute atomic E-state index is 0.587. The predicted octanol–water partition coefficient (Wildman–Crippen LogP) is 1.12. The van der Waals surface area contributed by atoms with Gasteiger partial charge in [-0.15, -0.1) is 16.8 Å². The Kier molecular flexibility index (Phi) is 2.29. The van der Waals surface area contributed by atoms with E-state index in [9.17, 15) is 0 Å². The van der Waals surface area contributed by atoms with Gasteiger partial charge in [0.1, 0.15) is 0 Å². The van der Waals surface area contributed by atoms with Crippen molar-refractivity contribution in [3.63, 3.8) is 0 Å². The second-order valence-corrected chi connectivity index (χ2v) is 2.57. The van der Waals surface area contributed by atoms with Crippen LogP contribution in [0.2, 0.25) is 0 Å². The van der Waals surface area contributed by atoms with Gasteiger partial charge in [0.25, 0.3) is 0 Å². The maximum atomic E-state index is 3.91. The van der Waals surface area contributed by atoms with Gasteiger partial charge < -0.3 is 0 Å². The number of aryl methyl sites for hydroxylation is 1. The molecule has 9 heavy (non-hydrogen) atoms. The summed E-state index contributed by atoms with van der Waals surface area (Å²) in [5.74, 6) is 0. The highest BCUT2D eigenvalue weighted by atomic mass is 33.1. The third-order valence-electron chi connectivity index (χ3n) is 0.737. The van der Waals surface area contributed by atoms with Crippen molar-refractivity contribution in [2.75, 3.05) is 0 Å². The fourth-order valence-electron chi connectivity index (χ4n) is 0.364. The zero-order valence-electron chi connectivity index (χ0n) is 4.77. The van der Waals surface area contributed by atoms with Crippen molar-refractivity contribution in [1.29, 1.82) is 0 Å². The quantitative estimate of drug-likeness (QED) is 0.492. The topological polar surface area (TPSA) is 38.7 Å². The van der Waals surface area contributed by atoms with Crippen molar-refractivity contribution in [2.45, 2.75) is 12.1 Å². The van der Waals surface area contributed by atoms with E-state index in [0.29, 0.717) is 5.16 Å². The summed E-state index contributed by atoms with van der Waals surface area (Å²) < 4.78 is 0. The Hall–Kier alpha value is -0.290. The van der Waals surface area contributed by atoms with Crippen LogP contribution in [0.3, 0.4) is 0 Å². The molecule has 0 saturated carbocycles. The number of hydrogen-bond donors (Lipinski definition) is 1. The first kappa shape index (κ1) is 6.82. The third kappa shape index (κ3) is 1.83. The molecular weight excluding hydrogens is 154 g/mol. The van der Waals surface area contributed by atoms with Crippen LogP contribution in [0.1, 0.15) is 5.69 Å². The Morgan fingerprint density at radius 3 is 2.78 bits per heavy atom. The average molecular weight is 159 g/mol. The van der Waals surface area contributed by atoms with Crippen LogP contribution in [0.15, 0.2) is 11.4 Å². The van der Waals surface area contributed by atoms with E-state index in [-0.39, 0.29) is 0 Å². The smallest absolute Gasteiger partial charge is 0.219 e. The van der Waals surface area contributed by atoms with Gasteiger partial charge >= 0.3 is 0 Å². The van der Waals surface area contributed by atoms with Gasteiger partial charge in [0.05, 0.1) is 11.9 Å². The summed E-state index contributed by atoms with van der Waals surface area (Å²) in [6.07, 6.45) is 1.66. The van der Waals surface area contributed by atoms with Crippen molar-refractivity contribution in [3.8, 4) is 0 Å². The molecular formula is C4H5N3S2. The van der Waals surface area contributed by atoms with E-state index in [1.54, 1.807) is 6.20 Å². The van der Waals surface area contributed by atoms with Crippen LogP contribution in [0.4, 0.5) is 0 Å². The van der Waals surface area contributed by atoms with Gasteiger partial charge in [0.2, 0.25) is 5.16 Å². The Morgan fingerprint density at radius 2 is 2.33 bits per heavy atom. The Balaban J connectivity index is 2.88. The molecule has 5 heteroatoms. The van der Waals surface area contributed by atoms with E-state index in [1.807, 2.05) is 6.92 Å². The lowest BCUT2D eigenvalue weighted by Gasteiger charge is -1.89. The van der Waals surface area contributed by atoms with Gasteiger partial charge in [-0.25, -0.2) is 4.98 Å². The summed E-state index contributed by atoms with van der Waals surface area (Å²) in [7, 11) is 1.19. The molecule has 0 radical (unpaired) electrons. The standard InChI is InChI=1S/C4H5N3S2/c1-3-2-5-4(9-8)7-6-3/h2,8H,1H3. The zero-order chi connectivity index (χ0) is 6.69. The fraction of sp³-hybridized carbons (Fsp3) is 0.250. The van der Waals surface area contributed by atoms with Crippen LogP contribution in [-0.2, 0) is 0 Å². The predicted molar refractivity (Wildman–Crippen MR) is 39.4 cm³/mol. The molecule has 1 rings (SSSR count). The number of nitrogens with zero attached hydrogens (tertiary/aromatic N) is 3. The first-order valence-corrected chi connectivity index (χ1v) is 4.17. The highest BCUT2D eigenvalue weighted by Crippen LogP contribution is 2.13. The lowest BCUT2D eigenvalue weighted by molar-refractivity contribution is 0.816. The lowest BCUT2D eigenvalue weighted by atomic mass is 10.6. The van der Waals surface area contributed by atoms with Crippen LogP contribution in [0.5, 0.6) is 0 Å². The Labute approximate surface area is 62.1 Å². The Morgan fingerprint density at radius 1 is 1.56 bits per heavy atom. The van der Waals surface area contributed by atoms with Gasteiger partial charge in [0, 0.05) is 0 Å². The van der Waals surface area contributed by atoms with Gasteiger partial charge in [-0.1, -0.05) is 0 Å². The first-order valence-electron chi connectivity index (χ1n) is 2.30. The SMILES string of the molecule is Cc1cnc(SS)nn1. The van der Waals surface area contributed by atoms with E-state index in [4.69, 9.17) is 0 Å². The normalized spacial score (nSPS) is 9.56. The summed E-state index contributed by atoms with van der Waals surface area (Å²) >= 11 is 3.90. The van der Waals surface area contributed by atoms with E-state index < -0.39 is 0 Å². The van der Waals surface area contributed by atoms with Crippen molar-refractivity contribution >= 4 is 22.5 Å². The molecule has 48 valence electrons. The highest BCUT2D eigenvalue weighted by Gasteiger charge is 1.91. The molecule has 0 saturated heterocycles. The fourth-order valence-corrected chi connectivity index (χ4v) is 0.792. The molecule has 1 heterocycles. The number of hydrogen-bond acceptors (Lipinski definition) is 5. The highest BCUT2D eigenvalue weighted by molar-refractivity contribution is 8.68. The second-order valence-electron chi connectivity index (χ2n) is 1.47. The average Bonchev–Trinajstić information content (AvgIpc) is 1.90. The Bertz CT molecular complexity index is 186. The molecule has 0 amide bonds. The number of thiol groups is 1. The third-order valence-corrected chi connectivity index (χ3v) is 1.58. The van der Waals surface area contributed by atoms with E-state index >= 15 is 0 Å². The molecule has 0 aliphatic rings. The molecule has 0 fully saturated rings. The van der Waals surface area contributed by atoms with Crippen molar-refractivity contribution in [3.05, 3.63) is 11.9 Å². The molecule has 3 nitrogen and oxygen atoms in total. The molecule has 0 unspecified atom stereocenters. The summed E-state index contributed by atoms with van der Waals surface area (Å²) in [5.41, 5.74) is 0.820. The molecule has 0 N–H and O–H groups in total. The largest absolute Gasteiger partial charge is 0.227 e. The molecule has 0 aromatic carbocycles.